The average Bonchev–Trinajstić information content (AvgIpc) is 2.59. The summed E-state index contributed by atoms with van der Waals surface area (Å²) in [5.74, 6) is 0.594. The van der Waals surface area contributed by atoms with Crippen molar-refractivity contribution >= 4 is 5.91 Å². The molecule has 0 aliphatic rings. The Morgan fingerprint density at radius 2 is 1.50 bits per heavy atom. The predicted molar refractivity (Wildman–Crippen MR) is 108 cm³/mol. The largest absolute Gasteiger partial charge is 0.484 e. The standard InChI is InChI=1S/C22H30N2O2/c1-22(2,3)19-10-6-17(7-11-19)18-8-12-20(13-9-18)26-16-21(25)23-14-15-24(4)5/h6-13H,14-16H2,1-5H3,(H,23,25). The van der Waals surface area contributed by atoms with E-state index in [2.05, 4.69) is 50.4 Å². The molecule has 1 N–H and O–H groups in total. The zero-order valence-corrected chi connectivity index (χ0v) is 16.5. The molecular weight excluding hydrogens is 324 g/mol. The van der Waals surface area contributed by atoms with Gasteiger partial charge in [0.2, 0.25) is 0 Å². The Kier molecular flexibility index (Phi) is 6.81. The van der Waals surface area contributed by atoms with Crippen molar-refractivity contribution in [3.63, 3.8) is 0 Å². The Bertz CT molecular complexity index is 698. The smallest absolute Gasteiger partial charge is 0.257 e. The summed E-state index contributed by atoms with van der Waals surface area (Å²) in [5.41, 5.74) is 3.78. The average molecular weight is 354 g/mol. The number of carbonyl (C=O) groups is 1. The molecule has 0 bridgehead atoms. The van der Waals surface area contributed by atoms with Crippen LogP contribution in [0.3, 0.4) is 0 Å². The van der Waals surface area contributed by atoms with Gasteiger partial charge in [-0.25, -0.2) is 0 Å². The molecule has 0 saturated carbocycles. The maximum atomic E-state index is 11.7. The van der Waals surface area contributed by atoms with Crippen LogP contribution in [0.4, 0.5) is 0 Å². The number of hydrogen-bond donors (Lipinski definition) is 1. The van der Waals surface area contributed by atoms with Crippen molar-refractivity contribution in [2.75, 3.05) is 33.8 Å². The van der Waals surface area contributed by atoms with Crippen molar-refractivity contribution in [3.8, 4) is 16.9 Å². The highest BCUT2D eigenvalue weighted by Crippen LogP contribution is 2.27. The molecule has 140 valence electrons. The second-order valence-corrected chi connectivity index (χ2v) is 7.79. The van der Waals surface area contributed by atoms with Crippen LogP contribution in [0.5, 0.6) is 5.75 Å². The van der Waals surface area contributed by atoms with Crippen LogP contribution in [-0.2, 0) is 10.2 Å². The Labute approximate surface area is 157 Å². The number of hydrogen-bond acceptors (Lipinski definition) is 3. The lowest BCUT2D eigenvalue weighted by molar-refractivity contribution is -0.123. The number of ether oxygens (including phenoxy) is 1. The molecule has 26 heavy (non-hydrogen) atoms. The molecule has 4 nitrogen and oxygen atoms in total. The molecular formula is C22H30N2O2. The molecule has 0 atom stereocenters. The minimum absolute atomic E-state index is 0.0348. The van der Waals surface area contributed by atoms with E-state index in [-0.39, 0.29) is 17.9 Å². The Balaban J connectivity index is 1.89. The third-order valence-electron chi connectivity index (χ3n) is 4.19. The van der Waals surface area contributed by atoms with E-state index in [0.717, 1.165) is 12.1 Å². The van der Waals surface area contributed by atoms with E-state index in [0.29, 0.717) is 12.3 Å². The summed E-state index contributed by atoms with van der Waals surface area (Å²) in [6.45, 7) is 8.11. The van der Waals surface area contributed by atoms with E-state index in [9.17, 15) is 4.79 Å². The normalized spacial score (nSPS) is 11.5. The number of carbonyl (C=O) groups excluding carboxylic acids is 1. The molecule has 0 saturated heterocycles. The first-order valence-corrected chi connectivity index (χ1v) is 9.01. The van der Waals surface area contributed by atoms with Crippen LogP contribution >= 0.6 is 0 Å². The molecule has 0 spiro atoms. The molecule has 2 rings (SSSR count). The summed E-state index contributed by atoms with van der Waals surface area (Å²) in [4.78, 5) is 13.8. The fourth-order valence-electron chi connectivity index (χ4n) is 2.53. The van der Waals surface area contributed by atoms with Gasteiger partial charge in [0.15, 0.2) is 6.61 Å². The van der Waals surface area contributed by atoms with Gasteiger partial charge in [0.25, 0.3) is 5.91 Å². The second-order valence-electron chi connectivity index (χ2n) is 7.79. The van der Waals surface area contributed by atoms with Gasteiger partial charge < -0.3 is 15.0 Å². The maximum Gasteiger partial charge on any atom is 0.257 e. The van der Waals surface area contributed by atoms with E-state index in [1.165, 1.54) is 11.1 Å². The summed E-state index contributed by atoms with van der Waals surface area (Å²) < 4.78 is 5.55. The van der Waals surface area contributed by atoms with Gasteiger partial charge >= 0.3 is 0 Å². The number of amides is 1. The van der Waals surface area contributed by atoms with E-state index >= 15 is 0 Å². The number of nitrogens with zero attached hydrogens (tertiary/aromatic N) is 1. The quantitative estimate of drug-likeness (QED) is 0.824. The highest BCUT2D eigenvalue weighted by Gasteiger charge is 2.13. The van der Waals surface area contributed by atoms with Gasteiger partial charge in [0.1, 0.15) is 5.75 Å². The van der Waals surface area contributed by atoms with Gasteiger partial charge in [-0.15, -0.1) is 0 Å². The SMILES string of the molecule is CN(C)CCNC(=O)COc1ccc(-c2ccc(C(C)(C)C)cc2)cc1. The zero-order valence-electron chi connectivity index (χ0n) is 16.5. The first-order chi connectivity index (χ1) is 12.3. The number of benzene rings is 2. The maximum absolute atomic E-state index is 11.7. The topological polar surface area (TPSA) is 41.6 Å². The fraction of sp³-hybridized carbons (Fsp3) is 0.409. The molecule has 0 heterocycles. The van der Waals surface area contributed by atoms with Crippen molar-refractivity contribution in [1.29, 1.82) is 0 Å². The molecule has 0 radical (unpaired) electrons. The molecule has 2 aromatic carbocycles. The van der Waals surface area contributed by atoms with Crippen molar-refractivity contribution in [1.82, 2.24) is 10.2 Å². The number of rotatable bonds is 7. The predicted octanol–water partition coefficient (Wildman–Crippen LogP) is 3.71. The van der Waals surface area contributed by atoms with Crippen molar-refractivity contribution in [2.24, 2.45) is 0 Å². The lowest BCUT2D eigenvalue weighted by Crippen LogP contribution is -2.34. The van der Waals surface area contributed by atoms with Crippen molar-refractivity contribution in [3.05, 3.63) is 54.1 Å². The van der Waals surface area contributed by atoms with Crippen LogP contribution in [-0.4, -0.2) is 44.6 Å². The molecule has 1 amide bonds. The van der Waals surface area contributed by atoms with Gasteiger partial charge in [0, 0.05) is 13.1 Å². The first kappa shape index (κ1) is 20.0. The summed E-state index contributed by atoms with van der Waals surface area (Å²) in [6.07, 6.45) is 0. The van der Waals surface area contributed by atoms with Gasteiger partial charge in [-0.2, -0.15) is 0 Å². The Hall–Kier alpha value is -2.33. The van der Waals surface area contributed by atoms with E-state index in [1.807, 2.05) is 43.3 Å². The van der Waals surface area contributed by atoms with Crippen LogP contribution in [0.15, 0.2) is 48.5 Å². The Morgan fingerprint density at radius 1 is 0.962 bits per heavy atom. The third-order valence-corrected chi connectivity index (χ3v) is 4.19. The summed E-state index contributed by atoms with van der Waals surface area (Å²) >= 11 is 0. The summed E-state index contributed by atoms with van der Waals surface area (Å²) in [7, 11) is 3.95. The van der Waals surface area contributed by atoms with Gasteiger partial charge in [-0.05, 0) is 48.3 Å². The van der Waals surface area contributed by atoms with Crippen LogP contribution in [0.1, 0.15) is 26.3 Å². The third kappa shape index (κ3) is 6.19. The van der Waals surface area contributed by atoms with Crippen LogP contribution in [0, 0.1) is 0 Å². The molecule has 0 unspecified atom stereocenters. The molecule has 0 aliphatic heterocycles. The lowest BCUT2D eigenvalue weighted by Gasteiger charge is -2.19. The van der Waals surface area contributed by atoms with E-state index < -0.39 is 0 Å². The molecule has 4 heteroatoms. The summed E-state index contributed by atoms with van der Waals surface area (Å²) in [5, 5.41) is 2.83. The van der Waals surface area contributed by atoms with Crippen molar-refractivity contribution < 1.29 is 9.53 Å². The summed E-state index contributed by atoms with van der Waals surface area (Å²) in [6, 6.07) is 16.5. The first-order valence-electron chi connectivity index (χ1n) is 9.01. The zero-order chi connectivity index (χ0) is 19.2. The van der Waals surface area contributed by atoms with Crippen molar-refractivity contribution in [2.45, 2.75) is 26.2 Å². The van der Waals surface area contributed by atoms with Crippen LogP contribution in [0.2, 0.25) is 0 Å². The van der Waals surface area contributed by atoms with Crippen LogP contribution < -0.4 is 10.1 Å². The Morgan fingerprint density at radius 3 is 2.00 bits per heavy atom. The minimum atomic E-state index is -0.103. The highest BCUT2D eigenvalue weighted by molar-refractivity contribution is 5.77. The van der Waals surface area contributed by atoms with Gasteiger partial charge in [0.05, 0.1) is 0 Å². The minimum Gasteiger partial charge on any atom is -0.484 e. The molecule has 0 aromatic heterocycles. The fourth-order valence-corrected chi connectivity index (χ4v) is 2.53. The molecule has 2 aromatic rings. The van der Waals surface area contributed by atoms with Crippen LogP contribution in [0.25, 0.3) is 11.1 Å². The molecule has 0 fully saturated rings. The van der Waals surface area contributed by atoms with E-state index in [1.54, 1.807) is 0 Å². The monoisotopic (exact) mass is 354 g/mol. The molecule has 0 aliphatic carbocycles. The van der Waals surface area contributed by atoms with Gasteiger partial charge in [-0.1, -0.05) is 57.2 Å². The number of likely N-dealkylation sites (N-methyl/N-ethyl adjacent to an activating group) is 1. The highest BCUT2D eigenvalue weighted by atomic mass is 16.5. The van der Waals surface area contributed by atoms with Gasteiger partial charge in [-0.3, -0.25) is 4.79 Å². The lowest BCUT2D eigenvalue weighted by atomic mass is 9.86. The second kappa shape index (κ2) is 8.86. The van der Waals surface area contributed by atoms with E-state index in [4.69, 9.17) is 4.74 Å². The number of nitrogens with one attached hydrogen (secondary N) is 1.